The SMILES string of the molecule is N[C@@H](c1ccc(CO)c(F)c1)C1CC1. The van der Waals surface area contributed by atoms with Crippen molar-refractivity contribution < 1.29 is 9.50 Å². The lowest BCUT2D eigenvalue weighted by molar-refractivity contribution is 0.275. The normalized spacial score (nSPS) is 18.2. The molecule has 0 amide bonds. The van der Waals surface area contributed by atoms with Gasteiger partial charge >= 0.3 is 0 Å². The Morgan fingerprint density at radius 2 is 2.21 bits per heavy atom. The van der Waals surface area contributed by atoms with Gasteiger partial charge in [0, 0.05) is 11.6 Å². The summed E-state index contributed by atoms with van der Waals surface area (Å²) in [7, 11) is 0. The second-order valence-corrected chi connectivity index (χ2v) is 3.87. The molecule has 0 aliphatic heterocycles. The highest BCUT2D eigenvalue weighted by Crippen LogP contribution is 2.39. The molecule has 2 rings (SSSR count). The number of hydrogen-bond donors (Lipinski definition) is 2. The van der Waals surface area contributed by atoms with E-state index in [-0.39, 0.29) is 18.5 Å². The Morgan fingerprint density at radius 1 is 1.50 bits per heavy atom. The van der Waals surface area contributed by atoms with Gasteiger partial charge in [-0.1, -0.05) is 12.1 Å². The van der Waals surface area contributed by atoms with Gasteiger partial charge in [-0.05, 0) is 30.4 Å². The van der Waals surface area contributed by atoms with Gasteiger partial charge in [-0.25, -0.2) is 4.39 Å². The van der Waals surface area contributed by atoms with Crippen LogP contribution in [0.15, 0.2) is 18.2 Å². The van der Waals surface area contributed by atoms with Crippen LogP contribution in [0.1, 0.15) is 30.0 Å². The predicted molar refractivity (Wildman–Crippen MR) is 52.0 cm³/mol. The van der Waals surface area contributed by atoms with Crippen molar-refractivity contribution >= 4 is 0 Å². The minimum absolute atomic E-state index is 0.0442. The Hall–Kier alpha value is -0.930. The number of benzene rings is 1. The smallest absolute Gasteiger partial charge is 0.129 e. The highest BCUT2D eigenvalue weighted by Gasteiger charge is 2.29. The summed E-state index contributed by atoms with van der Waals surface area (Å²) in [5.74, 6) is 0.162. The molecule has 0 aromatic heterocycles. The van der Waals surface area contributed by atoms with Crippen molar-refractivity contribution in [3.8, 4) is 0 Å². The van der Waals surface area contributed by atoms with E-state index in [0.29, 0.717) is 11.5 Å². The van der Waals surface area contributed by atoms with E-state index in [1.807, 2.05) is 0 Å². The highest BCUT2D eigenvalue weighted by atomic mass is 19.1. The molecule has 0 spiro atoms. The molecule has 0 saturated heterocycles. The van der Waals surface area contributed by atoms with E-state index in [9.17, 15) is 4.39 Å². The first-order chi connectivity index (χ1) is 6.72. The van der Waals surface area contributed by atoms with Crippen molar-refractivity contribution in [3.05, 3.63) is 35.1 Å². The van der Waals surface area contributed by atoms with Crippen LogP contribution in [0.5, 0.6) is 0 Å². The first-order valence-corrected chi connectivity index (χ1v) is 4.87. The van der Waals surface area contributed by atoms with Crippen molar-refractivity contribution in [1.29, 1.82) is 0 Å². The summed E-state index contributed by atoms with van der Waals surface area (Å²) < 4.78 is 13.3. The molecule has 76 valence electrons. The lowest BCUT2D eigenvalue weighted by Gasteiger charge is -2.11. The number of rotatable bonds is 3. The zero-order valence-corrected chi connectivity index (χ0v) is 7.91. The zero-order valence-electron chi connectivity index (χ0n) is 7.91. The number of aliphatic hydroxyl groups excluding tert-OH is 1. The summed E-state index contributed by atoms with van der Waals surface area (Å²) in [6, 6.07) is 4.80. The van der Waals surface area contributed by atoms with E-state index in [1.165, 1.54) is 6.07 Å². The molecule has 1 fully saturated rings. The largest absolute Gasteiger partial charge is 0.392 e. The average molecular weight is 195 g/mol. The summed E-state index contributed by atoms with van der Waals surface area (Å²) in [5.41, 5.74) is 7.10. The minimum atomic E-state index is -0.360. The highest BCUT2D eigenvalue weighted by molar-refractivity contribution is 5.27. The van der Waals surface area contributed by atoms with Crippen LogP contribution in [-0.2, 0) is 6.61 Å². The number of hydrogen-bond acceptors (Lipinski definition) is 2. The van der Waals surface area contributed by atoms with Gasteiger partial charge in [-0.3, -0.25) is 0 Å². The third-order valence-corrected chi connectivity index (χ3v) is 2.76. The zero-order chi connectivity index (χ0) is 10.1. The van der Waals surface area contributed by atoms with Gasteiger partial charge in [0.05, 0.1) is 6.61 Å². The van der Waals surface area contributed by atoms with Gasteiger partial charge in [-0.15, -0.1) is 0 Å². The molecule has 1 aliphatic carbocycles. The third-order valence-electron chi connectivity index (χ3n) is 2.76. The number of nitrogens with two attached hydrogens (primary N) is 1. The average Bonchev–Trinajstić information content (AvgIpc) is 3.00. The van der Waals surface area contributed by atoms with Gasteiger partial charge in [0.2, 0.25) is 0 Å². The maximum atomic E-state index is 13.3. The molecule has 0 unspecified atom stereocenters. The molecule has 1 saturated carbocycles. The van der Waals surface area contributed by atoms with Gasteiger partial charge in [0.15, 0.2) is 0 Å². The van der Waals surface area contributed by atoms with Crippen LogP contribution in [0.3, 0.4) is 0 Å². The fourth-order valence-electron chi connectivity index (χ4n) is 1.63. The van der Waals surface area contributed by atoms with Crippen molar-refractivity contribution in [2.75, 3.05) is 0 Å². The van der Waals surface area contributed by atoms with Crippen LogP contribution in [0.2, 0.25) is 0 Å². The lowest BCUT2D eigenvalue weighted by atomic mass is 10.0. The Morgan fingerprint density at radius 3 is 2.71 bits per heavy atom. The molecular weight excluding hydrogens is 181 g/mol. The molecule has 1 aliphatic rings. The molecule has 1 aromatic rings. The van der Waals surface area contributed by atoms with Gasteiger partial charge in [0.25, 0.3) is 0 Å². The van der Waals surface area contributed by atoms with E-state index in [1.54, 1.807) is 12.1 Å². The predicted octanol–water partition coefficient (Wildman–Crippen LogP) is 1.73. The fraction of sp³-hybridized carbons (Fsp3) is 0.455. The van der Waals surface area contributed by atoms with Crippen molar-refractivity contribution in [3.63, 3.8) is 0 Å². The quantitative estimate of drug-likeness (QED) is 0.771. The van der Waals surface area contributed by atoms with E-state index in [2.05, 4.69) is 0 Å². The summed E-state index contributed by atoms with van der Waals surface area (Å²) >= 11 is 0. The van der Waals surface area contributed by atoms with Crippen LogP contribution < -0.4 is 5.73 Å². The van der Waals surface area contributed by atoms with Crippen molar-refractivity contribution in [2.45, 2.75) is 25.5 Å². The first-order valence-electron chi connectivity index (χ1n) is 4.87. The van der Waals surface area contributed by atoms with Crippen molar-refractivity contribution in [1.82, 2.24) is 0 Å². The standard InChI is InChI=1S/C11H14FNO/c12-10-5-8(3-4-9(10)6-14)11(13)7-1-2-7/h3-5,7,11,14H,1-2,6,13H2/t11-/m1/s1. The Balaban J connectivity index is 2.22. The summed E-state index contributed by atoms with van der Waals surface area (Å²) in [4.78, 5) is 0. The third kappa shape index (κ3) is 1.79. The molecule has 0 bridgehead atoms. The molecule has 1 atom stereocenters. The summed E-state index contributed by atoms with van der Waals surface area (Å²) in [6.07, 6.45) is 2.29. The fourth-order valence-corrected chi connectivity index (χ4v) is 1.63. The van der Waals surface area contributed by atoms with Crippen molar-refractivity contribution in [2.24, 2.45) is 11.7 Å². The molecule has 3 heteroatoms. The van der Waals surface area contributed by atoms with Crippen LogP contribution >= 0.6 is 0 Å². The van der Waals surface area contributed by atoms with E-state index in [0.717, 1.165) is 18.4 Å². The summed E-state index contributed by atoms with van der Waals surface area (Å²) in [5, 5.41) is 8.80. The lowest BCUT2D eigenvalue weighted by Crippen LogP contribution is -2.12. The molecule has 1 aromatic carbocycles. The molecule has 0 heterocycles. The second-order valence-electron chi connectivity index (χ2n) is 3.87. The molecular formula is C11H14FNO. The van der Waals surface area contributed by atoms with Gasteiger partial charge in [0.1, 0.15) is 5.82 Å². The first kappa shape index (κ1) is 9.62. The maximum absolute atomic E-state index is 13.3. The Labute approximate surface area is 82.5 Å². The Bertz CT molecular complexity index is 336. The molecule has 3 N–H and O–H groups in total. The Kier molecular flexibility index (Phi) is 2.52. The van der Waals surface area contributed by atoms with Crippen LogP contribution in [0, 0.1) is 11.7 Å². The minimum Gasteiger partial charge on any atom is -0.392 e. The monoisotopic (exact) mass is 195 g/mol. The number of halogens is 1. The molecule has 14 heavy (non-hydrogen) atoms. The van der Waals surface area contributed by atoms with E-state index < -0.39 is 0 Å². The van der Waals surface area contributed by atoms with Crippen LogP contribution in [0.25, 0.3) is 0 Å². The van der Waals surface area contributed by atoms with E-state index in [4.69, 9.17) is 10.8 Å². The summed E-state index contributed by atoms with van der Waals surface area (Å²) in [6.45, 7) is -0.259. The van der Waals surface area contributed by atoms with E-state index >= 15 is 0 Å². The van der Waals surface area contributed by atoms with Crippen LogP contribution in [-0.4, -0.2) is 5.11 Å². The number of aliphatic hydroxyl groups is 1. The topological polar surface area (TPSA) is 46.2 Å². The molecule has 2 nitrogen and oxygen atoms in total. The van der Waals surface area contributed by atoms with Crippen LogP contribution in [0.4, 0.5) is 4.39 Å². The maximum Gasteiger partial charge on any atom is 0.129 e. The molecule has 0 radical (unpaired) electrons. The van der Waals surface area contributed by atoms with Gasteiger partial charge < -0.3 is 10.8 Å². The van der Waals surface area contributed by atoms with Gasteiger partial charge in [-0.2, -0.15) is 0 Å². The second kappa shape index (κ2) is 3.67.